The van der Waals surface area contributed by atoms with Crippen LogP contribution in [0.3, 0.4) is 0 Å². The van der Waals surface area contributed by atoms with Crippen LogP contribution in [-0.2, 0) is 11.2 Å². The molecule has 0 spiro atoms. The van der Waals surface area contributed by atoms with Crippen LogP contribution in [0.4, 0.5) is 4.39 Å². The molecule has 0 aromatic heterocycles. The summed E-state index contributed by atoms with van der Waals surface area (Å²) in [6.07, 6.45) is 1.97. The summed E-state index contributed by atoms with van der Waals surface area (Å²) in [7, 11) is 1.92. The van der Waals surface area contributed by atoms with E-state index in [-0.39, 0.29) is 18.0 Å². The molecule has 1 saturated heterocycles. The lowest BCUT2D eigenvalue weighted by atomic mass is 9.93. The normalized spacial score (nSPS) is 26.1. The van der Waals surface area contributed by atoms with E-state index in [2.05, 4.69) is 12.2 Å². The SMILES string of the molecule is CNC(Cc1ccccc1F)C1OCCC1C. The second-order valence-electron chi connectivity index (χ2n) is 4.79. The van der Waals surface area contributed by atoms with E-state index in [1.54, 1.807) is 6.07 Å². The van der Waals surface area contributed by atoms with Gasteiger partial charge in [0.15, 0.2) is 0 Å². The molecule has 3 atom stereocenters. The van der Waals surface area contributed by atoms with Gasteiger partial charge in [-0.1, -0.05) is 25.1 Å². The molecule has 2 rings (SSSR count). The largest absolute Gasteiger partial charge is 0.376 e. The van der Waals surface area contributed by atoms with Crippen LogP contribution in [0, 0.1) is 11.7 Å². The third-order valence-electron chi connectivity index (χ3n) is 3.61. The Morgan fingerprint density at radius 2 is 2.24 bits per heavy atom. The highest BCUT2D eigenvalue weighted by atomic mass is 19.1. The number of halogens is 1. The van der Waals surface area contributed by atoms with Crippen molar-refractivity contribution in [2.75, 3.05) is 13.7 Å². The van der Waals surface area contributed by atoms with Crippen LogP contribution < -0.4 is 5.32 Å². The van der Waals surface area contributed by atoms with Crippen molar-refractivity contribution < 1.29 is 9.13 Å². The highest BCUT2D eigenvalue weighted by molar-refractivity contribution is 5.19. The van der Waals surface area contributed by atoms with Gasteiger partial charge < -0.3 is 10.1 Å². The highest BCUT2D eigenvalue weighted by Crippen LogP contribution is 2.25. The van der Waals surface area contributed by atoms with Crippen molar-refractivity contribution >= 4 is 0 Å². The predicted octanol–water partition coefficient (Wildman–Crippen LogP) is 2.38. The Hall–Kier alpha value is -0.930. The van der Waals surface area contributed by atoms with Crippen LogP contribution in [0.25, 0.3) is 0 Å². The minimum Gasteiger partial charge on any atom is -0.376 e. The van der Waals surface area contributed by atoms with Gasteiger partial charge in [-0.2, -0.15) is 0 Å². The lowest BCUT2D eigenvalue weighted by Gasteiger charge is -2.26. The molecule has 1 heterocycles. The zero-order valence-electron chi connectivity index (χ0n) is 10.4. The van der Waals surface area contributed by atoms with Crippen LogP contribution in [-0.4, -0.2) is 25.8 Å². The van der Waals surface area contributed by atoms with E-state index < -0.39 is 0 Å². The van der Waals surface area contributed by atoms with Gasteiger partial charge >= 0.3 is 0 Å². The fourth-order valence-electron chi connectivity index (χ4n) is 2.51. The number of hydrogen-bond acceptors (Lipinski definition) is 2. The molecule has 1 aliphatic heterocycles. The topological polar surface area (TPSA) is 21.3 Å². The Morgan fingerprint density at radius 3 is 2.82 bits per heavy atom. The van der Waals surface area contributed by atoms with Crippen LogP contribution in [0.1, 0.15) is 18.9 Å². The lowest BCUT2D eigenvalue weighted by Crippen LogP contribution is -2.42. The van der Waals surface area contributed by atoms with Crippen molar-refractivity contribution in [3.8, 4) is 0 Å². The average molecular weight is 237 g/mol. The molecule has 94 valence electrons. The number of hydrogen-bond donors (Lipinski definition) is 1. The second-order valence-corrected chi connectivity index (χ2v) is 4.79. The third kappa shape index (κ3) is 2.85. The highest BCUT2D eigenvalue weighted by Gasteiger charge is 2.31. The van der Waals surface area contributed by atoms with Gasteiger partial charge in [-0.15, -0.1) is 0 Å². The van der Waals surface area contributed by atoms with Gasteiger partial charge in [0.2, 0.25) is 0 Å². The van der Waals surface area contributed by atoms with E-state index in [4.69, 9.17) is 4.74 Å². The first-order chi connectivity index (χ1) is 8.22. The van der Waals surface area contributed by atoms with Crippen molar-refractivity contribution in [2.45, 2.75) is 31.9 Å². The molecule has 3 heteroatoms. The summed E-state index contributed by atoms with van der Waals surface area (Å²) in [4.78, 5) is 0. The Bertz CT molecular complexity index is 369. The van der Waals surface area contributed by atoms with Crippen molar-refractivity contribution in [3.63, 3.8) is 0 Å². The van der Waals surface area contributed by atoms with Gasteiger partial charge in [-0.25, -0.2) is 4.39 Å². The molecule has 1 aromatic carbocycles. The maximum Gasteiger partial charge on any atom is 0.126 e. The molecule has 1 aliphatic rings. The summed E-state index contributed by atoms with van der Waals surface area (Å²) in [5.41, 5.74) is 0.759. The maximum absolute atomic E-state index is 13.6. The smallest absolute Gasteiger partial charge is 0.126 e. The van der Waals surface area contributed by atoms with Gasteiger partial charge in [0.05, 0.1) is 6.10 Å². The molecule has 0 saturated carbocycles. The van der Waals surface area contributed by atoms with Crippen molar-refractivity contribution in [3.05, 3.63) is 35.6 Å². The zero-order valence-corrected chi connectivity index (χ0v) is 10.4. The summed E-state index contributed by atoms with van der Waals surface area (Å²) < 4.78 is 19.3. The second kappa shape index (κ2) is 5.61. The molecular weight excluding hydrogens is 217 g/mol. The molecule has 1 N–H and O–H groups in total. The van der Waals surface area contributed by atoms with Crippen LogP contribution in [0.2, 0.25) is 0 Å². The molecule has 0 bridgehead atoms. The summed E-state index contributed by atoms with van der Waals surface area (Å²) in [6.45, 7) is 3.02. The van der Waals surface area contributed by atoms with Gasteiger partial charge in [0.25, 0.3) is 0 Å². The first-order valence-electron chi connectivity index (χ1n) is 6.24. The minimum absolute atomic E-state index is 0.126. The van der Waals surface area contributed by atoms with E-state index in [0.717, 1.165) is 18.6 Å². The Balaban J connectivity index is 2.07. The van der Waals surface area contributed by atoms with Gasteiger partial charge in [0.1, 0.15) is 5.82 Å². The van der Waals surface area contributed by atoms with Gasteiger partial charge in [0, 0.05) is 12.6 Å². The maximum atomic E-state index is 13.6. The molecule has 17 heavy (non-hydrogen) atoms. The number of likely N-dealkylation sites (N-methyl/N-ethyl adjacent to an activating group) is 1. The summed E-state index contributed by atoms with van der Waals surface area (Å²) in [5, 5.41) is 3.26. The molecule has 0 aliphatic carbocycles. The summed E-state index contributed by atoms with van der Waals surface area (Å²) in [6, 6.07) is 7.15. The van der Waals surface area contributed by atoms with Crippen LogP contribution >= 0.6 is 0 Å². The lowest BCUT2D eigenvalue weighted by molar-refractivity contribution is 0.0631. The molecule has 1 fully saturated rings. The van der Waals surface area contributed by atoms with Crippen molar-refractivity contribution in [1.29, 1.82) is 0 Å². The van der Waals surface area contributed by atoms with Crippen LogP contribution in [0.5, 0.6) is 0 Å². The summed E-state index contributed by atoms with van der Waals surface area (Å²) >= 11 is 0. The van der Waals surface area contributed by atoms with Gasteiger partial charge in [-0.05, 0) is 37.4 Å². The predicted molar refractivity (Wildman–Crippen MR) is 66.5 cm³/mol. The van der Waals surface area contributed by atoms with E-state index in [1.165, 1.54) is 6.07 Å². The third-order valence-corrected chi connectivity index (χ3v) is 3.61. The van der Waals surface area contributed by atoms with Crippen molar-refractivity contribution in [1.82, 2.24) is 5.32 Å². The molecule has 3 unspecified atom stereocenters. The zero-order chi connectivity index (χ0) is 12.3. The number of ether oxygens (including phenoxy) is 1. The van der Waals surface area contributed by atoms with E-state index in [0.29, 0.717) is 12.3 Å². The number of rotatable bonds is 4. The molecule has 0 amide bonds. The first-order valence-corrected chi connectivity index (χ1v) is 6.24. The van der Waals surface area contributed by atoms with E-state index in [9.17, 15) is 4.39 Å². The quantitative estimate of drug-likeness (QED) is 0.868. The van der Waals surface area contributed by atoms with E-state index >= 15 is 0 Å². The number of nitrogens with one attached hydrogen (secondary N) is 1. The Labute approximate surface area is 102 Å². The fourth-order valence-corrected chi connectivity index (χ4v) is 2.51. The fraction of sp³-hybridized carbons (Fsp3) is 0.571. The Kier molecular flexibility index (Phi) is 4.13. The minimum atomic E-state index is -0.126. The monoisotopic (exact) mass is 237 g/mol. The van der Waals surface area contributed by atoms with Crippen LogP contribution in [0.15, 0.2) is 24.3 Å². The van der Waals surface area contributed by atoms with Gasteiger partial charge in [-0.3, -0.25) is 0 Å². The first kappa shape index (κ1) is 12.5. The van der Waals surface area contributed by atoms with Crippen molar-refractivity contribution in [2.24, 2.45) is 5.92 Å². The summed E-state index contributed by atoms with van der Waals surface area (Å²) in [5.74, 6) is 0.414. The molecule has 0 radical (unpaired) electrons. The van der Waals surface area contributed by atoms with E-state index in [1.807, 2.05) is 19.2 Å². The average Bonchev–Trinajstić information content (AvgIpc) is 2.75. The Morgan fingerprint density at radius 1 is 1.47 bits per heavy atom. The molecule has 2 nitrogen and oxygen atoms in total. The number of benzene rings is 1. The standard InChI is InChI=1S/C14H20FNO/c1-10-7-8-17-14(10)13(16-2)9-11-5-3-4-6-12(11)15/h3-6,10,13-14,16H,7-9H2,1-2H3. The molecular formula is C14H20FNO. The molecule has 1 aromatic rings.